The van der Waals surface area contributed by atoms with Gasteiger partial charge in [0.05, 0.1) is 17.2 Å². The second-order valence-electron chi connectivity index (χ2n) is 3.88. The minimum atomic E-state index is 0.760. The van der Waals surface area contributed by atoms with Gasteiger partial charge in [-0.25, -0.2) is 4.98 Å². The molecule has 88 valence electrons. The van der Waals surface area contributed by atoms with Crippen LogP contribution in [0.25, 0.3) is 11.0 Å². The van der Waals surface area contributed by atoms with Crippen LogP contribution in [-0.2, 0) is 0 Å². The molecule has 1 N–H and O–H groups in total. The quantitative estimate of drug-likeness (QED) is 0.713. The highest BCUT2D eigenvalue weighted by Crippen LogP contribution is 2.18. The highest BCUT2D eigenvalue weighted by atomic mass is 127. The number of nitrogens with zero attached hydrogens (tertiary/aromatic N) is 2. The Morgan fingerprint density at radius 2 is 1.78 bits per heavy atom. The lowest BCUT2D eigenvalue weighted by Gasteiger charge is -2.06. The highest BCUT2D eigenvalue weighted by molar-refractivity contribution is 14.1. The smallest absolute Gasteiger partial charge is 0.149 e. The van der Waals surface area contributed by atoms with Gasteiger partial charge in [0.1, 0.15) is 5.82 Å². The van der Waals surface area contributed by atoms with Gasteiger partial charge in [0.25, 0.3) is 0 Å². The summed E-state index contributed by atoms with van der Waals surface area (Å²) in [7, 11) is 0. The summed E-state index contributed by atoms with van der Waals surface area (Å²) in [6.45, 7) is 0. The number of hydrogen-bond acceptors (Lipinski definition) is 3. The lowest BCUT2D eigenvalue weighted by molar-refractivity contribution is 1.28. The zero-order chi connectivity index (χ0) is 12.4. The first-order valence-electron chi connectivity index (χ1n) is 5.56. The van der Waals surface area contributed by atoms with Crippen LogP contribution in [0.15, 0.2) is 54.7 Å². The molecule has 0 amide bonds. The molecule has 18 heavy (non-hydrogen) atoms. The van der Waals surface area contributed by atoms with Gasteiger partial charge in [-0.15, -0.1) is 0 Å². The molecule has 0 saturated carbocycles. The molecule has 3 aromatic rings. The van der Waals surface area contributed by atoms with Gasteiger partial charge in [-0.2, -0.15) is 0 Å². The van der Waals surface area contributed by atoms with E-state index in [4.69, 9.17) is 0 Å². The standard InChI is InChI=1S/C14H10IN3/c15-10-4-3-5-11(8-10)17-14-9-16-12-6-1-2-7-13(12)18-14/h1-9H,(H,17,18). The van der Waals surface area contributed by atoms with Crippen molar-refractivity contribution >= 4 is 45.1 Å². The van der Waals surface area contributed by atoms with Crippen molar-refractivity contribution in [3.05, 3.63) is 58.3 Å². The van der Waals surface area contributed by atoms with Crippen LogP contribution in [0.5, 0.6) is 0 Å². The monoisotopic (exact) mass is 347 g/mol. The zero-order valence-corrected chi connectivity index (χ0v) is 11.6. The third-order valence-corrected chi connectivity index (χ3v) is 3.22. The number of fused-ring (bicyclic) bond motifs is 1. The molecule has 0 aliphatic rings. The topological polar surface area (TPSA) is 37.8 Å². The number of benzene rings is 2. The Balaban J connectivity index is 1.95. The first-order valence-corrected chi connectivity index (χ1v) is 6.63. The fourth-order valence-corrected chi connectivity index (χ4v) is 2.27. The molecule has 3 rings (SSSR count). The normalized spacial score (nSPS) is 10.5. The predicted molar refractivity (Wildman–Crippen MR) is 82.0 cm³/mol. The van der Waals surface area contributed by atoms with E-state index >= 15 is 0 Å². The summed E-state index contributed by atoms with van der Waals surface area (Å²) in [5, 5.41) is 3.26. The molecule has 4 heteroatoms. The molecular weight excluding hydrogens is 337 g/mol. The maximum absolute atomic E-state index is 4.52. The molecule has 1 heterocycles. The van der Waals surface area contributed by atoms with Gasteiger partial charge < -0.3 is 5.32 Å². The van der Waals surface area contributed by atoms with E-state index in [1.165, 1.54) is 3.57 Å². The van der Waals surface area contributed by atoms with Gasteiger partial charge in [0, 0.05) is 9.26 Å². The minimum absolute atomic E-state index is 0.760. The van der Waals surface area contributed by atoms with E-state index in [0.717, 1.165) is 22.5 Å². The summed E-state index contributed by atoms with van der Waals surface area (Å²) in [6, 6.07) is 16.0. The van der Waals surface area contributed by atoms with Crippen LogP contribution in [0.1, 0.15) is 0 Å². The van der Waals surface area contributed by atoms with Crippen molar-refractivity contribution in [2.45, 2.75) is 0 Å². The molecule has 0 saturated heterocycles. The maximum Gasteiger partial charge on any atom is 0.149 e. The Labute approximate surface area is 118 Å². The largest absolute Gasteiger partial charge is 0.339 e. The molecule has 0 bridgehead atoms. The van der Waals surface area contributed by atoms with Crippen molar-refractivity contribution in [2.75, 3.05) is 5.32 Å². The molecule has 3 nitrogen and oxygen atoms in total. The lowest BCUT2D eigenvalue weighted by Crippen LogP contribution is -1.95. The van der Waals surface area contributed by atoms with Crippen molar-refractivity contribution in [1.82, 2.24) is 9.97 Å². The van der Waals surface area contributed by atoms with E-state index < -0.39 is 0 Å². The van der Waals surface area contributed by atoms with Gasteiger partial charge in [-0.3, -0.25) is 4.98 Å². The van der Waals surface area contributed by atoms with Crippen LogP contribution in [-0.4, -0.2) is 9.97 Å². The van der Waals surface area contributed by atoms with Crippen LogP contribution in [0.2, 0.25) is 0 Å². The van der Waals surface area contributed by atoms with Gasteiger partial charge in [-0.1, -0.05) is 18.2 Å². The summed E-state index contributed by atoms with van der Waals surface area (Å²) >= 11 is 2.29. The van der Waals surface area contributed by atoms with E-state index in [9.17, 15) is 0 Å². The molecule has 0 aliphatic carbocycles. The molecule has 2 aromatic carbocycles. The maximum atomic E-state index is 4.52. The van der Waals surface area contributed by atoms with E-state index in [-0.39, 0.29) is 0 Å². The Morgan fingerprint density at radius 3 is 2.61 bits per heavy atom. The zero-order valence-electron chi connectivity index (χ0n) is 9.47. The van der Waals surface area contributed by atoms with Gasteiger partial charge in [-0.05, 0) is 52.9 Å². The number of para-hydroxylation sites is 2. The second-order valence-corrected chi connectivity index (χ2v) is 5.12. The van der Waals surface area contributed by atoms with Crippen molar-refractivity contribution in [1.29, 1.82) is 0 Å². The third-order valence-electron chi connectivity index (χ3n) is 2.55. The van der Waals surface area contributed by atoms with Crippen LogP contribution in [0, 0.1) is 3.57 Å². The van der Waals surface area contributed by atoms with Crippen molar-refractivity contribution in [3.8, 4) is 0 Å². The Morgan fingerprint density at radius 1 is 0.944 bits per heavy atom. The summed E-state index contributed by atoms with van der Waals surface area (Å²) in [4.78, 5) is 8.90. The average Bonchev–Trinajstić information content (AvgIpc) is 2.39. The van der Waals surface area contributed by atoms with E-state index in [0.29, 0.717) is 0 Å². The molecule has 0 atom stereocenters. The second kappa shape index (κ2) is 4.89. The lowest BCUT2D eigenvalue weighted by atomic mass is 10.3. The minimum Gasteiger partial charge on any atom is -0.339 e. The molecular formula is C14H10IN3. The number of anilines is 2. The first-order chi connectivity index (χ1) is 8.81. The molecule has 0 radical (unpaired) electrons. The fourth-order valence-electron chi connectivity index (χ4n) is 1.73. The number of hydrogen-bond donors (Lipinski definition) is 1. The number of halogens is 1. The van der Waals surface area contributed by atoms with E-state index in [2.05, 4.69) is 50.0 Å². The predicted octanol–water partition coefficient (Wildman–Crippen LogP) is 3.98. The first kappa shape index (κ1) is 11.4. The van der Waals surface area contributed by atoms with Crippen LogP contribution in [0.3, 0.4) is 0 Å². The van der Waals surface area contributed by atoms with Gasteiger partial charge in [0.15, 0.2) is 0 Å². The van der Waals surface area contributed by atoms with Gasteiger partial charge in [0.2, 0.25) is 0 Å². The average molecular weight is 347 g/mol. The molecule has 0 spiro atoms. The summed E-state index contributed by atoms with van der Waals surface area (Å²) in [6.07, 6.45) is 1.75. The molecule has 1 aromatic heterocycles. The van der Waals surface area contributed by atoms with Crippen LogP contribution >= 0.6 is 22.6 Å². The summed E-state index contributed by atoms with van der Waals surface area (Å²) in [5.41, 5.74) is 2.82. The number of nitrogens with one attached hydrogen (secondary N) is 1. The summed E-state index contributed by atoms with van der Waals surface area (Å²) in [5.74, 6) is 0.760. The fraction of sp³-hybridized carbons (Fsp3) is 0. The van der Waals surface area contributed by atoms with Gasteiger partial charge >= 0.3 is 0 Å². The highest BCUT2D eigenvalue weighted by Gasteiger charge is 2.00. The Hall–Kier alpha value is -1.69. The van der Waals surface area contributed by atoms with E-state index in [1.54, 1.807) is 6.20 Å². The van der Waals surface area contributed by atoms with Crippen LogP contribution in [0.4, 0.5) is 11.5 Å². The van der Waals surface area contributed by atoms with Crippen molar-refractivity contribution in [3.63, 3.8) is 0 Å². The summed E-state index contributed by atoms with van der Waals surface area (Å²) < 4.78 is 1.19. The SMILES string of the molecule is Ic1cccc(Nc2cnc3ccccc3n2)c1. The molecule has 0 aliphatic heterocycles. The molecule has 0 fully saturated rings. The van der Waals surface area contributed by atoms with Crippen LogP contribution < -0.4 is 5.32 Å². The third kappa shape index (κ3) is 2.43. The van der Waals surface area contributed by atoms with Crippen molar-refractivity contribution in [2.24, 2.45) is 0 Å². The molecule has 0 unspecified atom stereocenters. The van der Waals surface area contributed by atoms with Crippen molar-refractivity contribution < 1.29 is 0 Å². The number of rotatable bonds is 2. The Kier molecular flexibility index (Phi) is 3.10. The van der Waals surface area contributed by atoms with E-state index in [1.807, 2.05) is 36.4 Å². The Bertz CT molecular complexity index is 697. The number of aromatic nitrogens is 2.